The third kappa shape index (κ3) is 6.83. The van der Waals surface area contributed by atoms with Crippen LogP contribution < -0.4 is 10.1 Å². The summed E-state index contributed by atoms with van der Waals surface area (Å²) >= 11 is 5.95. The number of hydrogen-bond donors (Lipinski definition) is 1. The maximum absolute atomic E-state index is 12.2. The second kappa shape index (κ2) is 11.5. The van der Waals surface area contributed by atoms with Crippen molar-refractivity contribution in [1.29, 1.82) is 0 Å². The Morgan fingerprint density at radius 3 is 2.21 bits per heavy atom. The molecule has 1 amide bonds. The molecule has 34 heavy (non-hydrogen) atoms. The van der Waals surface area contributed by atoms with E-state index in [4.69, 9.17) is 16.3 Å². The summed E-state index contributed by atoms with van der Waals surface area (Å²) in [5.41, 5.74) is 4.63. The average molecular weight is 478 g/mol. The summed E-state index contributed by atoms with van der Waals surface area (Å²) < 4.78 is 5.40. The van der Waals surface area contributed by atoms with Crippen LogP contribution in [0.4, 0.5) is 4.79 Å². The van der Waals surface area contributed by atoms with Crippen molar-refractivity contribution >= 4 is 17.7 Å². The van der Waals surface area contributed by atoms with Crippen LogP contribution in [0, 0.1) is 0 Å². The molecule has 1 saturated heterocycles. The molecule has 6 heteroatoms. The molecular formula is C28H32ClN3O2. The van der Waals surface area contributed by atoms with Crippen LogP contribution in [0.15, 0.2) is 72.8 Å². The fourth-order valence-electron chi connectivity index (χ4n) is 4.26. The Bertz CT molecular complexity index is 1070. The van der Waals surface area contributed by atoms with Gasteiger partial charge in [-0.05, 0) is 73.5 Å². The smallest absolute Gasteiger partial charge is 0.410 e. The summed E-state index contributed by atoms with van der Waals surface area (Å²) in [7, 11) is 4.32. The summed E-state index contributed by atoms with van der Waals surface area (Å²) in [5.74, 6) is 0.512. The molecule has 1 unspecified atom stereocenters. The minimum absolute atomic E-state index is 0.444. The van der Waals surface area contributed by atoms with Gasteiger partial charge in [-0.3, -0.25) is 4.90 Å². The summed E-state index contributed by atoms with van der Waals surface area (Å²) in [6.07, 6.45) is 1.55. The number of carbonyl (C=O) groups excluding carboxylic acids is 1. The monoisotopic (exact) mass is 477 g/mol. The fraction of sp³-hybridized carbons (Fsp3) is 0.321. The minimum atomic E-state index is -0.444. The van der Waals surface area contributed by atoms with Gasteiger partial charge in [-0.1, -0.05) is 60.1 Å². The highest BCUT2D eigenvalue weighted by atomic mass is 35.5. The topological polar surface area (TPSA) is 44.8 Å². The quantitative estimate of drug-likeness (QED) is 0.467. The van der Waals surface area contributed by atoms with Gasteiger partial charge in [0, 0.05) is 37.2 Å². The van der Waals surface area contributed by atoms with Crippen molar-refractivity contribution in [3.05, 3.63) is 88.9 Å². The lowest BCUT2D eigenvalue weighted by molar-refractivity contribution is 0.200. The van der Waals surface area contributed by atoms with Gasteiger partial charge < -0.3 is 15.0 Å². The maximum Gasteiger partial charge on any atom is 0.412 e. The molecule has 1 N–H and O–H groups in total. The number of carbonyl (C=O) groups is 1. The molecule has 1 atom stereocenters. The second-order valence-electron chi connectivity index (χ2n) is 9.06. The van der Waals surface area contributed by atoms with Crippen LogP contribution in [-0.2, 0) is 13.0 Å². The van der Waals surface area contributed by atoms with Crippen molar-refractivity contribution in [3.8, 4) is 16.9 Å². The fourth-order valence-corrected chi connectivity index (χ4v) is 4.38. The van der Waals surface area contributed by atoms with Gasteiger partial charge >= 0.3 is 6.09 Å². The van der Waals surface area contributed by atoms with Crippen LogP contribution >= 0.6 is 11.6 Å². The highest BCUT2D eigenvalue weighted by Gasteiger charge is 2.23. The van der Waals surface area contributed by atoms with Crippen molar-refractivity contribution in [2.45, 2.75) is 25.4 Å². The molecule has 0 aromatic heterocycles. The van der Waals surface area contributed by atoms with E-state index in [0.717, 1.165) is 37.2 Å². The molecule has 0 saturated carbocycles. The Labute approximate surface area is 207 Å². The molecule has 178 valence electrons. The molecule has 1 heterocycles. The van der Waals surface area contributed by atoms with Gasteiger partial charge in [0.05, 0.1) is 0 Å². The molecule has 0 aliphatic carbocycles. The number of amides is 1. The van der Waals surface area contributed by atoms with E-state index in [1.165, 1.54) is 17.5 Å². The van der Waals surface area contributed by atoms with Gasteiger partial charge in [0.15, 0.2) is 0 Å². The van der Waals surface area contributed by atoms with Gasteiger partial charge in [-0.2, -0.15) is 0 Å². The van der Waals surface area contributed by atoms with Crippen LogP contribution in [0.2, 0.25) is 5.02 Å². The summed E-state index contributed by atoms with van der Waals surface area (Å²) in [6.45, 7) is 3.80. The highest BCUT2D eigenvalue weighted by Crippen LogP contribution is 2.24. The number of likely N-dealkylation sites (N-methyl/N-ethyl adjacent to an activating group) is 1. The Hall–Kier alpha value is -2.86. The molecule has 0 bridgehead atoms. The standard InChI is InChI=1S/C28H32ClN3O2/c1-31(2)26-16-18-32(20-26)19-22-5-3-21(4-6-22)15-17-30-28(33)34-27-13-9-24(10-14-27)23-7-11-25(29)12-8-23/h3-14,26H,15-20H2,1-2H3,(H,30,33). The first-order valence-electron chi connectivity index (χ1n) is 11.7. The number of benzene rings is 3. The maximum atomic E-state index is 12.2. The third-order valence-corrected chi connectivity index (χ3v) is 6.58. The molecule has 4 rings (SSSR count). The van der Waals surface area contributed by atoms with E-state index in [9.17, 15) is 4.79 Å². The van der Waals surface area contributed by atoms with Gasteiger partial charge in [0.25, 0.3) is 0 Å². The number of ether oxygens (including phenoxy) is 1. The third-order valence-electron chi connectivity index (χ3n) is 6.33. The Balaban J connectivity index is 1.18. The summed E-state index contributed by atoms with van der Waals surface area (Å²) in [4.78, 5) is 17.0. The van der Waals surface area contributed by atoms with Crippen molar-refractivity contribution < 1.29 is 9.53 Å². The van der Waals surface area contributed by atoms with Crippen LogP contribution in [0.25, 0.3) is 11.1 Å². The largest absolute Gasteiger partial charge is 0.412 e. The Morgan fingerprint density at radius 2 is 1.59 bits per heavy atom. The van der Waals surface area contributed by atoms with Gasteiger partial charge in [-0.15, -0.1) is 0 Å². The zero-order valence-corrected chi connectivity index (χ0v) is 20.6. The zero-order valence-electron chi connectivity index (χ0n) is 19.8. The van der Waals surface area contributed by atoms with E-state index in [2.05, 4.69) is 53.5 Å². The number of rotatable bonds is 8. The van der Waals surface area contributed by atoms with Crippen LogP contribution in [0.1, 0.15) is 17.5 Å². The average Bonchev–Trinajstić information content (AvgIpc) is 3.30. The highest BCUT2D eigenvalue weighted by molar-refractivity contribution is 6.30. The van der Waals surface area contributed by atoms with Crippen LogP contribution in [0.5, 0.6) is 5.75 Å². The van der Waals surface area contributed by atoms with Gasteiger partial charge in [0.1, 0.15) is 5.75 Å². The lowest BCUT2D eigenvalue weighted by atomic mass is 10.1. The first kappa shape index (κ1) is 24.3. The lowest BCUT2D eigenvalue weighted by Crippen LogP contribution is -2.31. The molecule has 1 aliphatic rings. The lowest BCUT2D eigenvalue weighted by Gasteiger charge is -2.20. The molecule has 1 fully saturated rings. The van der Waals surface area contributed by atoms with Crippen molar-refractivity contribution in [2.24, 2.45) is 0 Å². The van der Waals surface area contributed by atoms with Crippen molar-refractivity contribution in [1.82, 2.24) is 15.1 Å². The zero-order chi connectivity index (χ0) is 23.9. The van der Waals surface area contributed by atoms with Crippen LogP contribution in [0.3, 0.4) is 0 Å². The van der Waals surface area contributed by atoms with E-state index >= 15 is 0 Å². The molecule has 3 aromatic carbocycles. The van der Waals surface area contributed by atoms with Crippen molar-refractivity contribution in [2.75, 3.05) is 33.7 Å². The van der Waals surface area contributed by atoms with E-state index in [1.54, 1.807) is 12.1 Å². The van der Waals surface area contributed by atoms with E-state index in [1.807, 2.05) is 36.4 Å². The number of nitrogens with one attached hydrogen (secondary N) is 1. The molecule has 5 nitrogen and oxygen atoms in total. The first-order valence-corrected chi connectivity index (χ1v) is 12.1. The van der Waals surface area contributed by atoms with E-state index in [0.29, 0.717) is 23.4 Å². The Kier molecular flexibility index (Phi) is 8.22. The molecule has 3 aromatic rings. The molecule has 1 aliphatic heterocycles. The first-order chi connectivity index (χ1) is 16.5. The number of hydrogen-bond acceptors (Lipinski definition) is 4. The molecule has 0 radical (unpaired) electrons. The molecule has 0 spiro atoms. The van der Waals surface area contributed by atoms with Gasteiger partial charge in [-0.25, -0.2) is 4.79 Å². The number of nitrogens with zero attached hydrogens (tertiary/aromatic N) is 2. The number of halogens is 1. The second-order valence-corrected chi connectivity index (χ2v) is 9.49. The van der Waals surface area contributed by atoms with E-state index < -0.39 is 6.09 Å². The summed E-state index contributed by atoms with van der Waals surface area (Å²) in [6, 6.07) is 24.4. The predicted octanol–water partition coefficient (Wildman–Crippen LogP) is 5.47. The summed E-state index contributed by atoms with van der Waals surface area (Å²) in [5, 5.41) is 3.54. The minimum Gasteiger partial charge on any atom is -0.410 e. The van der Waals surface area contributed by atoms with E-state index in [-0.39, 0.29) is 0 Å². The SMILES string of the molecule is CN(C)C1CCN(Cc2ccc(CCNC(=O)Oc3ccc(-c4ccc(Cl)cc4)cc3)cc2)C1. The van der Waals surface area contributed by atoms with Crippen LogP contribution in [-0.4, -0.2) is 55.7 Å². The van der Waals surface area contributed by atoms with Crippen molar-refractivity contribution in [3.63, 3.8) is 0 Å². The predicted molar refractivity (Wildman–Crippen MR) is 138 cm³/mol. The molecular weight excluding hydrogens is 446 g/mol. The Morgan fingerprint density at radius 1 is 0.971 bits per heavy atom. The number of likely N-dealkylation sites (tertiary alicyclic amines) is 1. The van der Waals surface area contributed by atoms with Gasteiger partial charge in [0.2, 0.25) is 0 Å². The normalized spacial score (nSPS) is 16.1.